The van der Waals surface area contributed by atoms with Crippen LogP contribution in [0.25, 0.3) is 33.0 Å². The van der Waals surface area contributed by atoms with Gasteiger partial charge < -0.3 is 0 Å². The van der Waals surface area contributed by atoms with Crippen molar-refractivity contribution in [1.82, 2.24) is 0 Å². The summed E-state index contributed by atoms with van der Waals surface area (Å²) >= 11 is 0. The van der Waals surface area contributed by atoms with Gasteiger partial charge in [-0.1, -0.05) is 30.3 Å². The average Bonchev–Trinajstić information content (AvgIpc) is 2.68. The molecule has 4 rings (SSSR count). The molecule has 0 nitrogen and oxygen atoms in total. The van der Waals surface area contributed by atoms with Gasteiger partial charge in [0.1, 0.15) is 0 Å². The molecule has 3 aromatic carbocycles. The third-order valence-electron chi connectivity index (χ3n) is 3.28. The van der Waals surface area contributed by atoms with Gasteiger partial charge in [0, 0.05) is 0 Å². The molecule has 0 heteroatoms. The molecule has 72 valence electrons. The minimum absolute atomic E-state index is 1.27. The first-order valence-corrected chi connectivity index (χ1v) is 5.39. The van der Waals surface area contributed by atoms with Gasteiger partial charge in [-0.3, -0.25) is 0 Å². The molecule has 0 aromatic heterocycles. The molecule has 0 saturated heterocycles. The maximum Gasteiger partial charge on any atom is -0.00259 e. The quantitative estimate of drug-likeness (QED) is 0.401. The van der Waals surface area contributed by atoms with Gasteiger partial charge in [0.25, 0.3) is 0 Å². The van der Waals surface area contributed by atoms with Crippen LogP contribution in [-0.4, -0.2) is 0 Å². The van der Waals surface area contributed by atoms with Crippen molar-refractivity contribution in [2.45, 2.75) is 0 Å². The summed E-state index contributed by atoms with van der Waals surface area (Å²) in [6.45, 7) is 0. The second-order valence-electron chi connectivity index (χ2n) is 4.11. The summed E-state index contributed by atoms with van der Waals surface area (Å²) in [6.07, 6.45) is 0. The summed E-state index contributed by atoms with van der Waals surface area (Å²) in [7, 11) is 0. The standard InChI is InChI=1S/C16H8/c1-2-8-13-12(7-1)14-9-3-5-11-6-4-10-15(13)16(11)14/h1,3,5-10H. The van der Waals surface area contributed by atoms with E-state index in [2.05, 4.69) is 54.6 Å². The van der Waals surface area contributed by atoms with E-state index in [0.717, 1.165) is 0 Å². The Kier molecular flexibility index (Phi) is 1.39. The highest BCUT2D eigenvalue weighted by molar-refractivity contribution is 6.14. The predicted molar refractivity (Wildman–Crippen MR) is 66.1 cm³/mol. The van der Waals surface area contributed by atoms with Gasteiger partial charge in [-0.2, -0.15) is 0 Å². The van der Waals surface area contributed by atoms with Crippen molar-refractivity contribution in [3.05, 3.63) is 60.7 Å². The van der Waals surface area contributed by atoms with Gasteiger partial charge in [-0.15, -0.1) is 0 Å². The molecule has 16 heavy (non-hydrogen) atoms. The largest absolute Gasteiger partial charge is 0.0610 e. The fourth-order valence-corrected chi connectivity index (χ4v) is 2.60. The Labute approximate surface area is 94.2 Å². The van der Waals surface area contributed by atoms with Crippen molar-refractivity contribution >= 4 is 10.8 Å². The van der Waals surface area contributed by atoms with Crippen molar-refractivity contribution in [3.8, 4) is 22.3 Å². The van der Waals surface area contributed by atoms with Gasteiger partial charge in [-0.05, 0) is 63.4 Å². The summed E-state index contributed by atoms with van der Waals surface area (Å²) in [4.78, 5) is 0. The van der Waals surface area contributed by atoms with Crippen molar-refractivity contribution in [3.63, 3.8) is 0 Å². The Morgan fingerprint density at radius 1 is 0.688 bits per heavy atom. The summed E-state index contributed by atoms with van der Waals surface area (Å²) < 4.78 is 0. The molecule has 0 spiro atoms. The minimum Gasteiger partial charge on any atom is -0.0610 e. The summed E-state index contributed by atoms with van der Waals surface area (Å²) in [5.74, 6) is 0. The van der Waals surface area contributed by atoms with Crippen molar-refractivity contribution in [2.75, 3.05) is 0 Å². The maximum absolute atomic E-state index is 3.22. The second kappa shape index (κ2) is 2.73. The Morgan fingerprint density at radius 3 is 2.62 bits per heavy atom. The van der Waals surface area contributed by atoms with Crippen LogP contribution in [0.4, 0.5) is 0 Å². The van der Waals surface area contributed by atoms with Crippen LogP contribution in [0.5, 0.6) is 0 Å². The first kappa shape index (κ1) is 8.12. The molecule has 0 bridgehead atoms. The highest BCUT2D eigenvalue weighted by atomic mass is 14.2. The number of hydrogen-bond donors (Lipinski definition) is 0. The van der Waals surface area contributed by atoms with E-state index in [-0.39, 0.29) is 0 Å². The molecule has 1 aliphatic carbocycles. The molecule has 0 unspecified atom stereocenters. The molecule has 0 atom stereocenters. The van der Waals surface area contributed by atoms with E-state index in [1.54, 1.807) is 0 Å². The second-order valence-corrected chi connectivity index (χ2v) is 4.11. The normalized spacial score (nSPS) is 11.8. The van der Waals surface area contributed by atoms with E-state index < -0.39 is 0 Å². The Hall–Kier alpha value is -2.08. The Bertz CT molecular complexity index is 650. The highest BCUT2D eigenvalue weighted by Crippen LogP contribution is 2.46. The van der Waals surface area contributed by atoms with Gasteiger partial charge in [0.2, 0.25) is 0 Å². The zero-order chi connectivity index (χ0) is 10.5. The lowest BCUT2D eigenvalue weighted by Crippen LogP contribution is -1.74. The maximum atomic E-state index is 3.22. The third-order valence-corrected chi connectivity index (χ3v) is 3.28. The van der Waals surface area contributed by atoms with Crippen molar-refractivity contribution < 1.29 is 0 Å². The van der Waals surface area contributed by atoms with Crippen LogP contribution >= 0.6 is 0 Å². The summed E-state index contributed by atoms with van der Waals surface area (Å²) in [6, 6.07) is 23.1. The zero-order valence-corrected chi connectivity index (χ0v) is 8.62. The molecule has 1 aliphatic rings. The van der Waals surface area contributed by atoms with Crippen molar-refractivity contribution in [1.29, 1.82) is 0 Å². The predicted octanol–water partition coefficient (Wildman–Crippen LogP) is 4.09. The summed E-state index contributed by atoms with van der Waals surface area (Å²) in [5, 5.41) is 2.63. The number of hydrogen-bond acceptors (Lipinski definition) is 0. The highest BCUT2D eigenvalue weighted by Gasteiger charge is 2.19. The van der Waals surface area contributed by atoms with E-state index in [1.165, 1.54) is 33.0 Å². The molecule has 2 radical (unpaired) electrons. The van der Waals surface area contributed by atoms with Crippen LogP contribution in [0.1, 0.15) is 0 Å². The van der Waals surface area contributed by atoms with Crippen LogP contribution in [0.2, 0.25) is 0 Å². The topological polar surface area (TPSA) is 0 Å². The molecule has 0 aliphatic heterocycles. The van der Waals surface area contributed by atoms with Gasteiger partial charge in [0.15, 0.2) is 0 Å². The smallest absolute Gasteiger partial charge is 0.00259 e. The number of fused-ring (bicyclic) bond motifs is 3. The van der Waals surface area contributed by atoms with Crippen LogP contribution in [-0.2, 0) is 0 Å². The van der Waals surface area contributed by atoms with E-state index in [1.807, 2.05) is 6.07 Å². The molecule has 0 heterocycles. The molecule has 0 N–H and O–H groups in total. The molecule has 0 amide bonds. The number of benzene rings is 3. The third kappa shape index (κ3) is 0.849. The van der Waals surface area contributed by atoms with Gasteiger partial charge >= 0.3 is 0 Å². The Morgan fingerprint density at radius 2 is 1.62 bits per heavy atom. The first-order valence-electron chi connectivity index (χ1n) is 5.39. The molecular weight excluding hydrogens is 192 g/mol. The van der Waals surface area contributed by atoms with Crippen LogP contribution < -0.4 is 0 Å². The molecule has 0 fully saturated rings. The van der Waals surface area contributed by atoms with Crippen molar-refractivity contribution in [2.24, 2.45) is 0 Å². The first-order chi connectivity index (χ1) is 7.95. The average molecular weight is 200 g/mol. The monoisotopic (exact) mass is 200 g/mol. The Balaban J connectivity index is 2.31. The fourth-order valence-electron chi connectivity index (χ4n) is 2.60. The van der Waals surface area contributed by atoms with Crippen LogP contribution in [0, 0.1) is 12.1 Å². The SMILES string of the molecule is [c]1ccc2c(c1)-c1c[c]cc3cccc-2c13. The fraction of sp³-hybridized carbons (Fsp3) is 0. The summed E-state index contributed by atoms with van der Waals surface area (Å²) in [5.41, 5.74) is 5.23. The van der Waals surface area contributed by atoms with Crippen LogP contribution in [0.3, 0.4) is 0 Å². The lowest BCUT2D eigenvalue weighted by atomic mass is 10.0. The van der Waals surface area contributed by atoms with Gasteiger partial charge in [-0.25, -0.2) is 0 Å². The van der Waals surface area contributed by atoms with E-state index in [9.17, 15) is 0 Å². The minimum atomic E-state index is 1.27. The lowest BCUT2D eigenvalue weighted by Gasteiger charge is -2.00. The number of rotatable bonds is 0. The zero-order valence-electron chi connectivity index (χ0n) is 8.62. The molecule has 3 aromatic rings. The van der Waals surface area contributed by atoms with E-state index in [0.29, 0.717) is 0 Å². The van der Waals surface area contributed by atoms with Crippen LogP contribution in [0.15, 0.2) is 48.5 Å². The molecule has 0 saturated carbocycles. The van der Waals surface area contributed by atoms with E-state index >= 15 is 0 Å². The lowest BCUT2D eigenvalue weighted by molar-refractivity contribution is 1.68. The molecular formula is C16H8. The van der Waals surface area contributed by atoms with E-state index in [4.69, 9.17) is 0 Å². The van der Waals surface area contributed by atoms with Gasteiger partial charge in [0.05, 0.1) is 0 Å².